The summed E-state index contributed by atoms with van der Waals surface area (Å²) in [4.78, 5) is 24.3. The van der Waals surface area contributed by atoms with Crippen LogP contribution in [0, 0.1) is 0 Å². The minimum Gasteiger partial charge on any atom is -0.490 e. The molecule has 7 nitrogen and oxygen atoms in total. The summed E-state index contributed by atoms with van der Waals surface area (Å²) in [6.07, 6.45) is 1.77. The molecule has 0 fully saturated rings. The van der Waals surface area contributed by atoms with E-state index >= 15 is 0 Å². The van der Waals surface area contributed by atoms with Crippen molar-refractivity contribution >= 4 is 45.3 Å². The third-order valence-corrected chi connectivity index (χ3v) is 5.98. The van der Waals surface area contributed by atoms with E-state index in [9.17, 15) is 14.7 Å². The lowest BCUT2D eigenvalue weighted by Crippen LogP contribution is -2.21. The maximum absolute atomic E-state index is 13.1. The summed E-state index contributed by atoms with van der Waals surface area (Å²) in [6.45, 7) is 4.26. The van der Waals surface area contributed by atoms with E-state index in [0.29, 0.717) is 39.6 Å². The van der Waals surface area contributed by atoms with Crippen LogP contribution >= 0.6 is 15.9 Å². The molecule has 1 heterocycles. The number of halogens is 1. The van der Waals surface area contributed by atoms with Crippen molar-refractivity contribution in [2.24, 2.45) is 5.10 Å². The Balaban J connectivity index is 1.60. The van der Waals surface area contributed by atoms with Crippen molar-refractivity contribution in [2.75, 3.05) is 11.6 Å². The van der Waals surface area contributed by atoms with Crippen molar-refractivity contribution in [1.82, 2.24) is 0 Å². The first-order valence-corrected chi connectivity index (χ1v) is 11.7. The van der Waals surface area contributed by atoms with Gasteiger partial charge < -0.3 is 14.6 Å². The number of carboxylic acids is 1. The van der Waals surface area contributed by atoms with E-state index < -0.39 is 5.97 Å². The van der Waals surface area contributed by atoms with E-state index in [1.54, 1.807) is 43.3 Å². The molecule has 0 unspecified atom stereocenters. The molecule has 178 valence electrons. The number of nitrogens with zero attached hydrogens (tertiary/aromatic N) is 2. The fraction of sp³-hybridized carbons (Fsp3) is 0.148. The number of carboxylic acid groups (broad SMARTS) is 1. The summed E-state index contributed by atoms with van der Waals surface area (Å²) in [5.41, 5.74) is 3.45. The van der Waals surface area contributed by atoms with E-state index in [-0.39, 0.29) is 18.1 Å². The van der Waals surface area contributed by atoms with Gasteiger partial charge in [-0.05, 0) is 67.4 Å². The first-order chi connectivity index (χ1) is 16.9. The second-order valence-corrected chi connectivity index (χ2v) is 8.60. The lowest BCUT2D eigenvalue weighted by Gasteiger charge is -2.15. The van der Waals surface area contributed by atoms with Gasteiger partial charge in [0, 0.05) is 4.47 Å². The van der Waals surface area contributed by atoms with Crippen LogP contribution in [0.1, 0.15) is 35.3 Å². The molecule has 3 aromatic rings. The average molecular weight is 535 g/mol. The monoisotopic (exact) mass is 534 g/mol. The first kappa shape index (κ1) is 24.2. The van der Waals surface area contributed by atoms with Crippen molar-refractivity contribution in [3.05, 3.63) is 93.5 Å². The van der Waals surface area contributed by atoms with E-state index in [1.165, 1.54) is 11.1 Å². The van der Waals surface area contributed by atoms with Crippen LogP contribution in [-0.2, 0) is 11.4 Å². The molecule has 35 heavy (non-hydrogen) atoms. The van der Waals surface area contributed by atoms with Gasteiger partial charge in [0.25, 0.3) is 5.91 Å². The highest BCUT2D eigenvalue weighted by molar-refractivity contribution is 9.10. The number of ether oxygens (including phenoxy) is 2. The van der Waals surface area contributed by atoms with Gasteiger partial charge in [0.15, 0.2) is 11.5 Å². The highest BCUT2D eigenvalue weighted by Gasteiger charge is 2.29. The second kappa shape index (κ2) is 10.6. The maximum atomic E-state index is 13.1. The predicted octanol–water partition coefficient (Wildman–Crippen LogP) is 5.93. The molecule has 0 radical (unpaired) electrons. The van der Waals surface area contributed by atoms with Gasteiger partial charge >= 0.3 is 5.97 Å². The Hall–Kier alpha value is -3.91. The van der Waals surface area contributed by atoms with Crippen LogP contribution < -0.4 is 14.5 Å². The highest BCUT2D eigenvalue weighted by atomic mass is 79.9. The molecule has 1 amide bonds. The molecule has 0 aromatic heterocycles. The molecule has 1 aliphatic heterocycles. The number of carbonyl (C=O) groups is 2. The van der Waals surface area contributed by atoms with Gasteiger partial charge in [-0.3, -0.25) is 4.79 Å². The number of anilines is 1. The Morgan fingerprint density at radius 2 is 1.80 bits per heavy atom. The Bertz CT molecular complexity index is 1330. The third-order valence-electron chi connectivity index (χ3n) is 5.29. The molecule has 0 saturated carbocycles. The molecular weight excluding hydrogens is 512 g/mol. The van der Waals surface area contributed by atoms with Crippen LogP contribution in [0.2, 0.25) is 0 Å². The van der Waals surface area contributed by atoms with Crippen molar-refractivity contribution in [2.45, 2.75) is 20.5 Å². The molecule has 3 aromatic carbocycles. The number of carbonyl (C=O) groups excluding carboxylic acids is 1. The van der Waals surface area contributed by atoms with Gasteiger partial charge in [0.05, 0.1) is 29.1 Å². The van der Waals surface area contributed by atoms with Crippen LogP contribution in [0.5, 0.6) is 11.5 Å². The Morgan fingerprint density at radius 1 is 1.06 bits per heavy atom. The summed E-state index contributed by atoms with van der Waals surface area (Å²) in [6, 6.07) is 19.4. The second-order valence-electron chi connectivity index (χ2n) is 7.74. The van der Waals surface area contributed by atoms with Crippen LogP contribution in [0.4, 0.5) is 5.69 Å². The van der Waals surface area contributed by atoms with E-state index in [2.05, 4.69) is 21.0 Å². The van der Waals surface area contributed by atoms with Crippen molar-refractivity contribution in [3.63, 3.8) is 0 Å². The lowest BCUT2D eigenvalue weighted by molar-refractivity contribution is -0.114. The Kier molecular flexibility index (Phi) is 7.31. The fourth-order valence-electron chi connectivity index (χ4n) is 3.58. The van der Waals surface area contributed by atoms with Gasteiger partial charge in [0.1, 0.15) is 6.61 Å². The highest BCUT2D eigenvalue weighted by Crippen LogP contribution is 2.36. The molecule has 1 aliphatic rings. The zero-order chi connectivity index (χ0) is 24.9. The first-order valence-electron chi connectivity index (χ1n) is 11.0. The van der Waals surface area contributed by atoms with Crippen LogP contribution in [-0.4, -0.2) is 29.3 Å². The number of rotatable bonds is 8. The van der Waals surface area contributed by atoms with E-state index in [1.807, 2.05) is 37.3 Å². The number of hydrazone groups is 1. The van der Waals surface area contributed by atoms with Gasteiger partial charge in [-0.1, -0.05) is 46.3 Å². The van der Waals surface area contributed by atoms with Gasteiger partial charge in [-0.15, -0.1) is 0 Å². The summed E-state index contributed by atoms with van der Waals surface area (Å²) < 4.78 is 12.5. The smallest absolute Gasteiger partial charge is 0.335 e. The normalized spacial score (nSPS) is 14.3. The topological polar surface area (TPSA) is 88.4 Å². The summed E-state index contributed by atoms with van der Waals surface area (Å²) in [7, 11) is 0. The summed E-state index contributed by atoms with van der Waals surface area (Å²) in [5, 5.41) is 15.0. The SMILES string of the molecule is CCOc1cc(/C=C2/C(=O)N(c3ccccc3)N=C2C)c(Br)cc1OCc1cccc(C(=O)O)c1. The molecule has 8 heteroatoms. The minimum atomic E-state index is -0.992. The molecule has 0 atom stereocenters. The molecule has 0 bridgehead atoms. The number of hydrogen-bond acceptors (Lipinski definition) is 5. The zero-order valence-electron chi connectivity index (χ0n) is 19.2. The lowest BCUT2D eigenvalue weighted by atomic mass is 10.1. The quantitative estimate of drug-likeness (QED) is 0.361. The molecule has 1 N–H and O–H groups in total. The number of benzene rings is 3. The largest absolute Gasteiger partial charge is 0.490 e. The fourth-order valence-corrected chi connectivity index (χ4v) is 4.02. The molecule has 0 saturated heterocycles. The van der Waals surface area contributed by atoms with Crippen LogP contribution in [0.3, 0.4) is 0 Å². The molecule has 0 spiro atoms. The molecule has 0 aliphatic carbocycles. The average Bonchev–Trinajstić information content (AvgIpc) is 3.14. The van der Waals surface area contributed by atoms with Gasteiger partial charge in [-0.25, -0.2) is 4.79 Å². The van der Waals surface area contributed by atoms with Crippen molar-refractivity contribution < 1.29 is 24.2 Å². The Morgan fingerprint density at radius 3 is 2.51 bits per heavy atom. The van der Waals surface area contributed by atoms with E-state index in [4.69, 9.17) is 9.47 Å². The maximum Gasteiger partial charge on any atom is 0.335 e. The van der Waals surface area contributed by atoms with Crippen LogP contribution in [0.25, 0.3) is 6.08 Å². The minimum absolute atomic E-state index is 0.171. The van der Waals surface area contributed by atoms with Crippen molar-refractivity contribution in [3.8, 4) is 11.5 Å². The summed E-state index contributed by atoms with van der Waals surface area (Å²) >= 11 is 3.57. The number of hydrogen-bond donors (Lipinski definition) is 1. The Labute approximate surface area is 211 Å². The zero-order valence-corrected chi connectivity index (χ0v) is 20.8. The number of para-hydroxylation sites is 1. The predicted molar refractivity (Wildman–Crippen MR) is 138 cm³/mol. The summed E-state index contributed by atoms with van der Waals surface area (Å²) in [5.74, 6) is -0.196. The van der Waals surface area contributed by atoms with Gasteiger partial charge in [0.2, 0.25) is 0 Å². The van der Waals surface area contributed by atoms with Crippen molar-refractivity contribution in [1.29, 1.82) is 0 Å². The number of amides is 1. The van der Waals surface area contributed by atoms with Gasteiger partial charge in [-0.2, -0.15) is 10.1 Å². The molecular formula is C27H23BrN2O5. The van der Waals surface area contributed by atoms with E-state index in [0.717, 1.165) is 11.1 Å². The third kappa shape index (κ3) is 5.44. The van der Waals surface area contributed by atoms with Crippen LogP contribution in [0.15, 0.2) is 81.9 Å². The molecule has 4 rings (SSSR count). The number of aromatic carboxylic acids is 1. The standard InChI is InChI=1S/C27H23BrN2O5/c1-3-34-24-14-20(13-22-17(2)29-30(26(22)31)21-10-5-4-6-11-21)23(28)15-25(24)35-16-18-8-7-9-19(12-18)27(32)33/h4-15H,3,16H2,1-2H3,(H,32,33)/b22-13+.